The van der Waals surface area contributed by atoms with E-state index in [-0.39, 0.29) is 22.5 Å². The molecule has 0 radical (unpaired) electrons. The number of hydrogen-bond acceptors (Lipinski definition) is 5. The van der Waals surface area contributed by atoms with Gasteiger partial charge in [0, 0.05) is 23.3 Å². The Hall–Kier alpha value is -4.10. The number of nitrogens with one attached hydrogen (secondary N) is 1. The first kappa shape index (κ1) is 26.9. The van der Waals surface area contributed by atoms with Crippen LogP contribution in [-0.2, 0) is 19.8 Å². The Morgan fingerprint density at radius 2 is 1.71 bits per heavy atom. The lowest BCUT2D eigenvalue weighted by Crippen LogP contribution is -2.29. The summed E-state index contributed by atoms with van der Waals surface area (Å²) < 4.78 is 5.40. The van der Waals surface area contributed by atoms with Gasteiger partial charge in [0.2, 0.25) is 5.91 Å². The van der Waals surface area contributed by atoms with Gasteiger partial charge >= 0.3 is 0 Å². The van der Waals surface area contributed by atoms with Crippen LogP contribution in [-0.4, -0.2) is 29.8 Å². The predicted molar refractivity (Wildman–Crippen MR) is 149 cm³/mol. The summed E-state index contributed by atoms with van der Waals surface area (Å²) in [5.74, 6) is -2.02. The van der Waals surface area contributed by atoms with E-state index >= 15 is 0 Å². The van der Waals surface area contributed by atoms with Gasteiger partial charge in [0.1, 0.15) is 11.5 Å². The van der Waals surface area contributed by atoms with Gasteiger partial charge in [-0.2, -0.15) is 0 Å². The summed E-state index contributed by atoms with van der Waals surface area (Å²) in [6, 6.07) is 18.0. The largest absolute Gasteiger partial charge is 0.507 e. The van der Waals surface area contributed by atoms with Crippen LogP contribution in [0.3, 0.4) is 0 Å². The fourth-order valence-electron chi connectivity index (χ4n) is 4.53. The quantitative estimate of drug-likeness (QED) is 0.231. The number of anilines is 2. The zero-order valence-corrected chi connectivity index (χ0v) is 22.6. The lowest BCUT2D eigenvalue weighted by Gasteiger charge is -2.27. The molecule has 38 heavy (non-hydrogen) atoms. The number of halogens is 1. The molecule has 0 bridgehead atoms. The van der Waals surface area contributed by atoms with Crippen LogP contribution in [0, 0.1) is 0 Å². The number of carbonyl (C=O) groups excluding carboxylic acids is 3. The fraction of sp³-hybridized carbons (Fsp3) is 0.233. The molecule has 7 nitrogen and oxygen atoms in total. The minimum Gasteiger partial charge on any atom is -0.507 e. The van der Waals surface area contributed by atoms with Gasteiger partial charge in [-0.3, -0.25) is 19.3 Å². The SMILES string of the molecule is COc1ccc(Cl)cc1/C(O)=C1\C(=O)C(=O)N(c2cccc(NC(C)=O)c2)C1c1ccc(C(C)(C)C)cc1. The number of rotatable bonds is 5. The zero-order chi connectivity index (χ0) is 27.8. The van der Waals surface area contributed by atoms with Crippen LogP contribution in [0.5, 0.6) is 5.75 Å². The maximum absolute atomic E-state index is 13.5. The molecule has 8 heteroatoms. The van der Waals surface area contributed by atoms with Crippen LogP contribution in [0.2, 0.25) is 5.02 Å². The van der Waals surface area contributed by atoms with E-state index in [9.17, 15) is 19.5 Å². The first-order valence-corrected chi connectivity index (χ1v) is 12.4. The normalized spacial score (nSPS) is 17.0. The van der Waals surface area contributed by atoms with Gasteiger partial charge in [0.05, 0.1) is 24.3 Å². The Balaban J connectivity index is 1.96. The highest BCUT2D eigenvalue weighted by molar-refractivity contribution is 6.51. The van der Waals surface area contributed by atoms with E-state index in [1.807, 2.05) is 24.3 Å². The van der Waals surface area contributed by atoms with Crippen LogP contribution < -0.4 is 15.0 Å². The predicted octanol–water partition coefficient (Wildman–Crippen LogP) is 6.23. The molecule has 0 aromatic heterocycles. The molecule has 196 valence electrons. The number of benzene rings is 3. The average Bonchev–Trinajstić information content (AvgIpc) is 3.13. The number of nitrogens with zero attached hydrogens (tertiary/aromatic N) is 1. The second-order valence-electron chi connectivity index (χ2n) is 10.1. The summed E-state index contributed by atoms with van der Waals surface area (Å²) in [6.45, 7) is 7.65. The summed E-state index contributed by atoms with van der Waals surface area (Å²) in [5.41, 5.74) is 2.55. The number of Topliss-reactive ketones (excluding diaryl/α,β-unsaturated/α-hetero) is 1. The number of methoxy groups -OCH3 is 1. The number of ether oxygens (including phenoxy) is 1. The number of ketones is 1. The highest BCUT2D eigenvalue weighted by atomic mass is 35.5. The molecule has 3 aromatic carbocycles. The number of amides is 2. The highest BCUT2D eigenvalue weighted by Gasteiger charge is 2.47. The van der Waals surface area contributed by atoms with Crippen molar-refractivity contribution < 1.29 is 24.2 Å². The number of carbonyl (C=O) groups is 3. The molecule has 0 aliphatic carbocycles. The monoisotopic (exact) mass is 532 g/mol. The van der Waals surface area contributed by atoms with E-state index in [4.69, 9.17) is 16.3 Å². The molecule has 0 spiro atoms. The van der Waals surface area contributed by atoms with Gasteiger partial charge in [0.15, 0.2) is 0 Å². The van der Waals surface area contributed by atoms with Crippen LogP contribution in [0.4, 0.5) is 11.4 Å². The van der Waals surface area contributed by atoms with Gasteiger partial charge in [0.25, 0.3) is 11.7 Å². The summed E-state index contributed by atoms with van der Waals surface area (Å²) >= 11 is 6.20. The molecule has 1 saturated heterocycles. The van der Waals surface area contributed by atoms with E-state index in [2.05, 4.69) is 26.1 Å². The minimum atomic E-state index is -0.944. The van der Waals surface area contributed by atoms with Gasteiger partial charge in [-0.05, 0) is 52.9 Å². The fourth-order valence-corrected chi connectivity index (χ4v) is 4.70. The molecule has 3 aromatic rings. The second-order valence-corrected chi connectivity index (χ2v) is 10.6. The van der Waals surface area contributed by atoms with Crippen LogP contribution in [0.25, 0.3) is 5.76 Å². The maximum Gasteiger partial charge on any atom is 0.300 e. The van der Waals surface area contributed by atoms with Crippen LogP contribution in [0.15, 0.2) is 72.3 Å². The Bertz CT molecular complexity index is 1450. The third-order valence-corrected chi connectivity index (χ3v) is 6.63. The summed E-state index contributed by atoms with van der Waals surface area (Å²) in [5, 5.41) is 14.5. The van der Waals surface area contributed by atoms with Crippen molar-refractivity contribution in [3.63, 3.8) is 0 Å². The molecule has 2 N–H and O–H groups in total. The van der Waals surface area contributed by atoms with Crippen molar-refractivity contribution >= 4 is 46.3 Å². The summed E-state index contributed by atoms with van der Waals surface area (Å²) in [6.07, 6.45) is 0. The molecule has 1 aliphatic rings. The standard InChI is InChI=1S/C30H29ClN2O5/c1-17(34)32-21-7-6-8-22(16-21)33-26(18-9-11-19(12-10-18)30(2,3)4)25(28(36)29(33)37)27(35)23-15-20(31)13-14-24(23)38-5/h6-16,26,35H,1-5H3,(H,32,34)/b27-25+. The Kier molecular flexibility index (Phi) is 7.33. The summed E-state index contributed by atoms with van der Waals surface area (Å²) in [4.78, 5) is 40.0. The van der Waals surface area contributed by atoms with Crippen LogP contribution >= 0.6 is 11.6 Å². The van der Waals surface area contributed by atoms with Crippen molar-refractivity contribution in [3.8, 4) is 5.75 Å². The highest BCUT2D eigenvalue weighted by Crippen LogP contribution is 2.44. The number of hydrogen-bond donors (Lipinski definition) is 2. The van der Waals surface area contributed by atoms with Gasteiger partial charge in [-0.25, -0.2) is 0 Å². The molecule has 1 fully saturated rings. The molecule has 0 saturated carbocycles. The third-order valence-electron chi connectivity index (χ3n) is 6.40. The number of aliphatic hydroxyl groups is 1. The molecular weight excluding hydrogens is 504 g/mol. The molecule has 2 amide bonds. The van der Waals surface area contributed by atoms with Crippen molar-refractivity contribution in [3.05, 3.63) is 94.0 Å². The van der Waals surface area contributed by atoms with Crippen molar-refractivity contribution in [1.29, 1.82) is 0 Å². The van der Waals surface area contributed by atoms with Crippen LogP contribution in [0.1, 0.15) is 50.4 Å². The third kappa shape index (κ3) is 5.15. The molecule has 4 rings (SSSR count). The van der Waals surface area contributed by atoms with E-state index in [1.54, 1.807) is 36.4 Å². The topological polar surface area (TPSA) is 95.9 Å². The minimum absolute atomic E-state index is 0.0935. The average molecular weight is 533 g/mol. The van der Waals surface area contributed by atoms with Crippen molar-refractivity contribution in [1.82, 2.24) is 0 Å². The first-order chi connectivity index (χ1) is 17.9. The molecule has 1 unspecified atom stereocenters. The Labute approximate surface area is 226 Å². The van der Waals surface area contributed by atoms with E-state index < -0.39 is 23.5 Å². The van der Waals surface area contributed by atoms with Gasteiger partial charge in [-0.15, -0.1) is 0 Å². The zero-order valence-electron chi connectivity index (χ0n) is 21.8. The van der Waals surface area contributed by atoms with Gasteiger partial charge < -0.3 is 15.2 Å². The Morgan fingerprint density at radius 1 is 1.03 bits per heavy atom. The summed E-state index contributed by atoms with van der Waals surface area (Å²) in [7, 11) is 1.44. The van der Waals surface area contributed by atoms with E-state index in [1.165, 1.54) is 25.0 Å². The van der Waals surface area contributed by atoms with E-state index in [0.717, 1.165) is 5.56 Å². The molecule has 1 atom stereocenters. The van der Waals surface area contributed by atoms with Crippen molar-refractivity contribution in [2.75, 3.05) is 17.3 Å². The van der Waals surface area contributed by atoms with Crippen molar-refractivity contribution in [2.24, 2.45) is 0 Å². The second kappa shape index (κ2) is 10.3. The number of aliphatic hydroxyl groups excluding tert-OH is 1. The molecule has 1 aliphatic heterocycles. The van der Waals surface area contributed by atoms with Gasteiger partial charge in [-0.1, -0.05) is 62.7 Å². The molecular formula is C30H29ClN2O5. The Morgan fingerprint density at radius 3 is 2.32 bits per heavy atom. The molecule has 1 heterocycles. The lowest BCUT2D eigenvalue weighted by molar-refractivity contribution is -0.132. The lowest BCUT2D eigenvalue weighted by atomic mass is 9.85. The first-order valence-electron chi connectivity index (χ1n) is 12.1. The maximum atomic E-state index is 13.5. The van der Waals surface area contributed by atoms with E-state index in [0.29, 0.717) is 27.7 Å². The smallest absolute Gasteiger partial charge is 0.300 e. The van der Waals surface area contributed by atoms with Crippen molar-refractivity contribution in [2.45, 2.75) is 39.2 Å².